The van der Waals surface area contributed by atoms with E-state index in [1.807, 2.05) is 0 Å². The molecule has 1 rings (SSSR count). The zero-order chi connectivity index (χ0) is 15.8. The third-order valence-corrected chi connectivity index (χ3v) is 2.30. The smallest absolute Gasteiger partial charge is 0.273 e. The molecule has 0 spiro atoms. The minimum atomic E-state index is -0.755. The summed E-state index contributed by atoms with van der Waals surface area (Å²) in [5, 5.41) is 0. The number of rotatable bonds is 5. The third kappa shape index (κ3) is 5.30. The van der Waals surface area contributed by atoms with E-state index in [1.165, 1.54) is 12.3 Å². The van der Waals surface area contributed by atoms with Crippen LogP contribution in [0.2, 0.25) is 0 Å². The van der Waals surface area contributed by atoms with Crippen molar-refractivity contribution in [3.63, 3.8) is 0 Å². The molecule has 1 aromatic heterocycles. The minimum Gasteiger partial charge on any atom is -0.368 e. The quantitative estimate of drug-likeness (QED) is 0.527. The van der Waals surface area contributed by atoms with Crippen molar-refractivity contribution in [2.24, 2.45) is 17.2 Å². The molecule has 1 heterocycles. The molecule has 0 saturated heterocycles. The number of amides is 3. The van der Waals surface area contributed by atoms with Gasteiger partial charge in [-0.05, 0) is 12.1 Å². The maximum atomic E-state index is 12.1. The van der Waals surface area contributed by atoms with Gasteiger partial charge in [-0.2, -0.15) is 0 Å². The number of carbonyl (C=O) groups excluding carboxylic acids is 3. The zero-order valence-corrected chi connectivity index (χ0v) is 11.2. The highest BCUT2D eigenvalue weighted by Gasteiger charge is 2.20. The lowest BCUT2D eigenvalue weighted by Crippen LogP contribution is -2.43. The van der Waals surface area contributed by atoms with E-state index in [-0.39, 0.29) is 12.2 Å². The number of pyridine rings is 1. The Kier molecular flexibility index (Phi) is 5.85. The Balaban J connectivity index is 2.92. The second-order valence-corrected chi connectivity index (χ2v) is 4.03. The fourth-order valence-electron chi connectivity index (χ4n) is 1.49. The maximum absolute atomic E-state index is 12.1. The van der Waals surface area contributed by atoms with Gasteiger partial charge in [0.1, 0.15) is 18.8 Å². The van der Waals surface area contributed by atoms with Crippen LogP contribution in [0.4, 0.5) is 0 Å². The van der Waals surface area contributed by atoms with Crippen molar-refractivity contribution in [3.05, 3.63) is 29.6 Å². The van der Waals surface area contributed by atoms with Crippen LogP contribution in [0, 0.1) is 11.8 Å². The fraction of sp³-hybridized carbons (Fsp3) is 0.231. The SMILES string of the molecule is NCC#Cc1ccc(C(=O)N(CC(N)=O)CC(N)=O)nc1. The Labute approximate surface area is 121 Å². The summed E-state index contributed by atoms with van der Waals surface area (Å²) >= 11 is 0. The van der Waals surface area contributed by atoms with Crippen LogP contribution in [-0.4, -0.2) is 47.2 Å². The number of hydrogen-bond acceptors (Lipinski definition) is 5. The Hall–Kier alpha value is -2.92. The van der Waals surface area contributed by atoms with Gasteiger partial charge in [-0.3, -0.25) is 14.4 Å². The number of primary amides is 2. The van der Waals surface area contributed by atoms with Gasteiger partial charge in [0.05, 0.1) is 6.54 Å². The summed E-state index contributed by atoms with van der Waals surface area (Å²) in [7, 11) is 0. The Bertz CT molecular complexity index is 584. The highest BCUT2D eigenvalue weighted by atomic mass is 16.2. The first kappa shape index (κ1) is 16.1. The van der Waals surface area contributed by atoms with Crippen molar-refractivity contribution < 1.29 is 14.4 Å². The van der Waals surface area contributed by atoms with Gasteiger partial charge in [0.2, 0.25) is 11.8 Å². The van der Waals surface area contributed by atoms with Crippen molar-refractivity contribution in [1.82, 2.24) is 9.88 Å². The molecule has 0 aliphatic carbocycles. The molecule has 3 amide bonds. The highest BCUT2D eigenvalue weighted by molar-refractivity contribution is 5.97. The van der Waals surface area contributed by atoms with Crippen molar-refractivity contribution in [3.8, 4) is 11.8 Å². The molecule has 6 N–H and O–H groups in total. The molecule has 21 heavy (non-hydrogen) atoms. The number of nitrogens with two attached hydrogens (primary N) is 3. The zero-order valence-electron chi connectivity index (χ0n) is 11.2. The summed E-state index contributed by atoms with van der Waals surface area (Å²) in [6.45, 7) is -0.623. The predicted molar refractivity (Wildman–Crippen MR) is 74.5 cm³/mol. The molecule has 0 aliphatic rings. The van der Waals surface area contributed by atoms with Gasteiger partial charge in [0, 0.05) is 11.8 Å². The van der Waals surface area contributed by atoms with Crippen LogP contribution < -0.4 is 17.2 Å². The van der Waals surface area contributed by atoms with E-state index < -0.39 is 30.8 Å². The van der Waals surface area contributed by atoms with Gasteiger partial charge < -0.3 is 22.1 Å². The number of hydrogen-bond donors (Lipinski definition) is 3. The summed E-state index contributed by atoms with van der Waals surface area (Å²) in [6.07, 6.45) is 1.39. The van der Waals surface area contributed by atoms with Gasteiger partial charge in [0.15, 0.2) is 0 Å². The van der Waals surface area contributed by atoms with E-state index in [1.54, 1.807) is 6.07 Å². The molecule has 0 aromatic carbocycles. The van der Waals surface area contributed by atoms with Crippen LogP contribution >= 0.6 is 0 Å². The van der Waals surface area contributed by atoms with E-state index in [4.69, 9.17) is 17.2 Å². The van der Waals surface area contributed by atoms with Gasteiger partial charge >= 0.3 is 0 Å². The number of aromatic nitrogens is 1. The van der Waals surface area contributed by atoms with E-state index in [9.17, 15) is 14.4 Å². The molecule has 8 heteroatoms. The molecule has 8 nitrogen and oxygen atoms in total. The van der Waals surface area contributed by atoms with Crippen molar-refractivity contribution in [2.45, 2.75) is 0 Å². The van der Waals surface area contributed by atoms with Gasteiger partial charge in [-0.1, -0.05) is 11.8 Å². The molecule has 1 aromatic rings. The van der Waals surface area contributed by atoms with Crippen molar-refractivity contribution in [1.29, 1.82) is 0 Å². The standard InChI is InChI=1S/C13H15N5O3/c14-5-1-2-9-3-4-10(17-6-9)13(21)18(7-11(15)19)8-12(16)20/h3-4,6H,5,7-8,14H2,(H2,15,19)(H2,16,20). The molecule has 0 bridgehead atoms. The van der Waals surface area contributed by atoms with Gasteiger partial charge in [-0.25, -0.2) is 4.98 Å². The van der Waals surface area contributed by atoms with Crippen molar-refractivity contribution >= 4 is 17.7 Å². The third-order valence-electron chi connectivity index (χ3n) is 2.30. The average Bonchev–Trinajstić information content (AvgIpc) is 2.43. The molecule has 0 aliphatic heterocycles. The molecular weight excluding hydrogens is 274 g/mol. The topological polar surface area (TPSA) is 145 Å². The molecule has 0 radical (unpaired) electrons. The number of nitrogens with zero attached hydrogens (tertiary/aromatic N) is 2. The predicted octanol–water partition coefficient (Wildman–Crippen LogP) is -2.20. The van der Waals surface area contributed by atoms with Gasteiger partial charge in [-0.15, -0.1) is 0 Å². The molecular formula is C13H15N5O3. The van der Waals surface area contributed by atoms with E-state index >= 15 is 0 Å². The summed E-state index contributed by atoms with van der Waals surface area (Å²) in [5.74, 6) is 3.27. The second-order valence-electron chi connectivity index (χ2n) is 4.03. The first-order valence-electron chi connectivity index (χ1n) is 5.95. The first-order chi connectivity index (χ1) is 9.93. The first-order valence-corrected chi connectivity index (χ1v) is 5.95. The summed E-state index contributed by atoms with van der Waals surface area (Å²) in [6, 6.07) is 3.01. The van der Waals surface area contributed by atoms with Crippen LogP contribution in [0.1, 0.15) is 16.1 Å². The minimum absolute atomic E-state index is 0.0517. The van der Waals surface area contributed by atoms with E-state index in [2.05, 4.69) is 16.8 Å². The van der Waals surface area contributed by atoms with E-state index in [0.717, 1.165) is 4.90 Å². The average molecular weight is 289 g/mol. The van der Waals surface area contributed by atoms with E-state index in [0.29, 0.717) is 5.56 Å². The largest absolute Gasteiger partial charge is 0.368 e. The van der Waals surface area contributed by atoms with Crippen LogP contribution in [0.3, 0.4) is 0 Å². The maximum Gasteiger partial charge on any atom is 0.273 e. The Morgan fingerprint density at radius 1 is 1.14 bits per heavy atom. The molecule has 110 valence electrons. The molecule has 0 saturated carbocycles. The lowest BCUT2D eigenvalue weighted by Gasteiger charge is -2.18. The van der Waals surface area contributed by atoms with Crippen LogP contribution in [0.25, 0.3) is 0 Å². The van der Waals surface area contributed by atoms with Gasteiger partial charge in [0.25, 0.3) is 5.91 Å². The molecule has 0 unspecified atom stereocenters. The number of carbonyl (C=O) groups is 3. The van der Waals surface area contributed by atoms with Crippen LogP contribution in [-0.2, 0) is 9.59 Å². The lowest BCUT2D eigenvalue weighted by atomic mass is 10.2. The fourth-order valence-corrected chi connectivity index (χ4v) is 1.49. The highest BCUT2D eigenvalue weighted by Crippen LogP contribution is 2.03. The summed E-state index contributed by atoms with van der Waals surface area (Å²) in [4.78, 5) is 38.8. The normalized spacial score (nSPS) is 9.38. The summed E-state index contributed by atoms with van der Waals surface area (Å²) < 4.78 is 0. The van der Waals surface area contributed by atoms with Crippen LogP contribution in [0.5, 0.6) is 0 Å². The Morgan fingerprint density at radius 3 is 2.19 bits per heavy atom. The molecule has 0 fully saturated rings. The lowest BCUT2D eigenvalue weighted by molar-refractivity contribution is -0.121. The summed E-state index contributed by atoms with van der Waals surface area (Å²) in [5.41, 5.74) is 15.9. The molecule has 0 atom stereocenters. The van der Waals surface area contributed by atoms with Crippen LogP contribution in [0.15, 0.2) is 18.3 Å². The Morgan fingerprint density at radius 2 is 1.76 bits per heavy atom. The van der Waals surface area contributed by atoms with Crippen molar-refractivity contribution in [2.75, 3.05) is 19.6 Å². The monoisotopic (exact) mass is 289 g/mol. The second kappa shape index (κ2) is 7.62.